The van der Waals surface area contributed by atoms with Gasteiger partial charge in [-0.05, 0) is 67.3 Å². The highest BCUT2D eigenvalue weighted by atomic mass is 19.4. The normalized spacial score (nSPS) is 17.6. The Balaban J connectivity index is 1.59. The van der Waals surface area contributed by atoms with Gasteiger partial charge in [0.05, 0.1) is 5.56 Å². The molecule has 0 bridgehead atoms. The molecule has 3 nitrogen and oxygen atoms in total. The average Bonchev–Trinajstić information content (AvgIpc) is 3.10. The third-order valence-electron chi connectivity index (χ3n) is 5.73. The molecular formula is C22H26F3N3. The SMILES string of the molecule is CCN1Cc2ccc(Nc3ccc(N4CCCCC4)c(C(F)(F)F)c3)cc2C1. The number of hydrogen-bond acceptors (Lipinski definition) is 3. The minimum absolute atomic E-state index is 0.297. The van der Waals surface area contributed by atoms with Crippen LogP contribution in [0.1, 0.15) is 42.9 Å². The maximum atomic E-state index is 13.7. The molecule has 150 valence electrons. The van der Waals surface area contributed by atoms with E-state index >= 15 is 0 Å². The van der Waals surface area contributed by atoms with Crippen molar-refractivity contribution >= 4 is 17.1 Å². The van der Waals surface area contributed by atoms with Crippen LogP contribution in [0, 0.1) is 0 Å². The Bertz CT molecular complexity index is 841. The molecule has 0 aliphatic carbocycles. The summed E-state index contributed by atoms with van der Waals surface area (Å²) < 4.78 is 41.2. The third kappa shape index (κ3) is 3.97. The topological polar surface area (TPSA) is 18.5 Å². The molecule has 0 radical (unpaired) electrons. The summed E-state index contributed by atoms with van der Waals surface area (Å²) in [5.74, 6) is 0. The highest BCUT2D eigenvalue weighted by molar-refractivity contribution is 5.67. The van der Waals surface area contributed by atoms with Crippen molar-refractivity contribution in [2.45, 2.75) is 45.5 Å². The fourth-order valence-electron chi connectivity index (χ4n) is 4.18. The summed E-state index contributed by atoms with van der Waals surface area (Å²) in [4.78, 5) is 4.20. The Morgan fingerprint density at radius 2 is 1.57 bits per heavy atom. The van der Waals surface area contributed by atoms with Gasteiger partial charge in [0.25, 0.3) is 0 Å². The monoisotopic (exact) mass is 389 g/mol. The molecule has 0 amide bonds. The van der Waals surface area contributed by atoms with Crippen LogP contribution in [0.5, 0.6) is 0 Å². The molecule has 0 spiro atoms. The first-order valence-electron chi connectivity index (χ1n) is 10.0. The van der Waals surface area contributed by atoms with Gasteiger partial charge in [-0.15, -0.1) is 0 Å². The molecule has 1 saturated heterocycles. The van der Waals surface area contributed by atoms with Crippen LogP contribution in [0.25, 0.3) is 0 Å². The summed E-state index contributed by atoms with van der Waals surface area (Å²) in [5, 5.41) is 3.17. The lowest BCUT2D eigenvalue weighted by Crippen LogP contribution is -2.31. The number of benzene rings is 2. The number of alkyl halides is 3. The second-order valence-electron chi connectivity index (χ2n) is 7.69. The molecule has 2 aromatic carbocycles. The van der Waals surface area contributed by atoms with E-state index in [-0.39, 0.29) is 0 Å². The minimum atomic E-state index is -4.37. The first-order chi connectivity index (χ1) is 13.4. The summed E-state index contributed by atoms with van der Waals surface area (Å²) in [6.07, 6.45) is -1.39. The van der Waals surface area contributed by atoms with Crippen molar-refractivity contribution in [3.05, 3.63) is 53.1 Å². The average molecular weight is 389 g/mol. The highest BCUT2D eigenvalue weighted by Crippen LogP contribution is 2.39. The zero-order valence-corrected chi connectivity index (χ0v) is 16.1. The standard InChI is InChI=1S/C22H26F3N3/c1-2-27-14-16-6-7-18(12-17(16)15-27)26-19-8-9-21(20(13-19)22(23,24)25)28-10-4-3-5-11-28/h6-9,12-13,26H,2-5,10-11,14-15H2,1H3. The van der Waals surface area contributed by atoms with Crippen LogP contribution in [0.15, 0.2) is 36.4 Å². The van der Waals surface area contributed by atoms with Crippen molar-refractivity contribution in [2.24, 2.45) is 0 Å². The van der Waals surface area contributed by atoms with E-state index in [2.05, 4.69) is 29.3 Å². The minimum Gasteiger partial charge on any atom is -0.371 e. The highest BCUT2D eigenvalue weighted by Gasteiger charge is 2.35. The molecule has 1 fully saturated rings. The quantitative estimate of drug-likeness (QED) is 0.716. The number of anilines is 3. The van der Waals surface area contributed by atoms with Crippen molar-refractivity contribution < 1.29 is 13.2 Å². The van der Waals surface area contributed by atoms with E-state index < -0.39 is 11.7 Å². The van der Waals surface area contributed by atoms with Crippen molar-refractivity contribution in [3.63, 3.8) is 0 Å². The fraction of sp³-hybridized carbons (Fsp3) is 0.455. The molecule has 28 heavy (non-hydrogen) atoms. The second kappa shape index (κ2) is 7.66. The van der Waals surface area contributed by atoms with E-state index in [0.717, 1.165) is 44.6 Å². The molecule has 4 rings (SSSR count). The van der Waals surface area contributed by atoms with Gasteiger partial charge in [-0.1, -0.05) is 13.0 Å². The van der Waals surface area contributed by atoms with Gasteiger partial charge in [-0.25, -0.2) is 0 Å². The number of piperidine rings is 1. The van der Waals surface area contributed by atoms with E-state index in [1.54, 1.807) is 12.1 Å². The van der Waals surface area contributed by atoms with Crippen LogP contribution < -0.4 is 10.2 Å². The fourth-order valence-corrected chi connectivity index (χ4v) is 4.18. The molecule has 0 unspecified atom stereocenters. The summed E-state index contributed by atoms with van der Waals surface area (Å²) in [7, 11) is 0. The number of nitrogens with zero attached hydrogens (tertiary/aromatic N) is 2. The first kappa shape index (κ1) is 19.1. The summed E-state index contributed by atoms with van der Waals surface area (Å²) in [6.45, 7) is 6.33. The predicted molar refractivity (Wildman–Crippen MR) is 107 cm³/mol. The Morgan fingerprint density at radius 3 is 2.29 bits per heavy atom. The Hall–Kier alpha value is -2.21. The Kier molecular flexibility index (Phi) is 5.23. The van der Waals surface area contributed by atoms with Crippen LogP contribution in [-0.4, -0.2) is 24.5 Å². The van der Waals surface area contributed by atoms with Crippen molar-refractivity contribution in [1.29, 1.82) is 0 Å². The lowest BCUT2D eigenvalue weighted by molar-refractivity contribution is -0.137. The van der Waals surface area contributed by atoms with Gasteiger partial charge in [0.15, 0.2) is 0 Å². The molecule has 2 aromatic rings. The smallest absolute Gasteiger partial charge is 0.371 e. The number of rotatable bonds is 4. The van der Waals surface area contributed by atoms with E-state index in [0.29, 0.717) is 24.5 Å². The first-order valence-corrected chi connectivity index (χ1v) is 10.0. The van der Waals surface area contributed by atoms with Gasteiger partial charge in [0, 0.05) is 43.2 Å². The summed E-state index contributed by atoms with van der Waals surface area (Å²) in [5.41, 5.74) is 3.58. The number of hydrogen-bond donors (Lipinski definition) is 1. The van der Waals surface area contributed by atoms with Gasteiger partial charge < -0.3 is 10.2 Å². The molecule has 2 aliphatic heterocycles. The lowest BCUT2D eigenvalue weighted by Gasteiger charge is -2.31. The summed E-state index contributed by atoms with van der Waals surface area (Å²) >= 11 is 0. The van der Waals surface area contributed by atoms with Gasteiger partial charge >= 0.3 is 6.18 Å². The van der Waals surface area contributed by atoms with Gasteiger partial charge in [-0.3, -0.25) is 4.90 Å². The lowest BCUT2D eigenvalue weighted by atomic mass is 10.1. The Morgan fingerprint density at radius 1 is 0.893 bits per heavy atom. The maximum absolute atomic E-state index is 13.7. The molecule has 0 atom stereocenters. The van der Waals surface area contributed by atoms with Crippen LogP contribution in [0.2, 0.25) is 0 Å². The second-order valence-corrected chi connectivity index (χ2v) is 7.69. The largest absolute Gasteiger partial charge is 0.418 e. The van der Waals surface area contributed by atoms with Crippen molar-refractivity contribution in [3.8, 4) is 0 Å². The predicted octanol–water partition coefficient (Wildman–Crippen LogP) is 5.77. The maximum Gasteiger partial charge on any atom is 0.418 e. The molecule has 0 saturated carbocycles. The van der Waals surface area contributed by atoms with E-state index in [1.165, 1.54) is 17.2 Å². The van der Waals surface area contributed by atoms with Crippen LogP contribution in [-0.2, 0) is 19.3 Å². The molecule has 2 heterocycles. The summed E-state index contributed by atoms with van der Waals surface area (Å²) in [6, 6.07) is 10.7. The van der Waals surface area contributed by atoms with Gasteiger partial charge in [0.1, 0.15) is 0 Å². The number of nitrogens with one attached hydrogen (secondary N) is 1. The Labute approximate surface area is 164 Å². The van der Waals surface area contributed by atoms with Crippen LogP contribution in [0.3, 0.4) is 0 Å². The molecule has 2 aliphatic rings. The van der Waals surface area contributed by atoms with Crippen molar-refractivity contribution in [2.75, 3.05) is 29.9 Å². The van der Waals surface area contributed by atoms with Gasteiger partial charge in [0.2, 0.25) is 0 Å². The third-order valence-corrected chi connectivity index (χ3v) is 5.73. The van der Waals surface area contributed by atoms with Crippen LogP contribution >= 0.6 is 0 Å². The molecule has 6 heteroatoms. The van der Waals surface area contributed by atoms with E-state index in [4.69, 9.17) is 0 Å². The number of fused-ring (bicyclic) bond motifs is 1. The molecular weight excluding hydrogens is 363 g/mol. The zero-order chi connectivity index (χ0) is 19.7. The van der Waals surface area contributed by atoms with Crippen molar-refractivity contribution in [1.82, 2.24) is 4.90 Å². The molecule has 1 N–H and O–H groups in total. The molecule has 0 aromatic heterocycles. The van der Waals surface area contributed by atoms with E-state index in [9.17, 15) is 13.2 Å². The van der Waals surface area contributed by atoms with Crippen LogP contribution in [0.4, 0.5) is 30.2 Å². The van der Waals surface area contributed by atoms with E-state index in [1.807, 2.05) is 11.0 Å². The van der Waals surface area contributed by atoms with Gasteiger partial charge in [-0.2, -0.15) is 13.2 Å². The zero-order valence-electron chi connectivity index (χ0n) is 16.1. The number of halogens is 3.